The molecule has 31 heavy (non-hydrogen) atoms. The van der Waals surface area contributed by atoms with Crippen LogP contribution in [-0.4, -0.2) is 22.4 Å². The second-order valence-electron chi connectivity index (χ2n) is 13.2. The summed E-state index contributed by atoms with van der Waals surface area (Å²) >= 11 is 0. The SMILES string of the molecule is CC(C)[C@@H](C)CC[C@@H](C)[C@H]1CC[C@@H]2[C@]1(C)CC[C@H]1[C@@]23C=C[C@]2(C[C@@H](O)CC[C@]12C)OO3. The number of aliphatic hydroxyl groups excluding tert-OH is 1. The van der Waals surface area contributed by atoms with Crippen LogP contribution in [0.1, 0.15) is 99.3 Å². The molecule has 176 valence electrons. The highest BCUT2D eigenvalue weighted by atomic mass is 17.2. The summed E-state index contributed by atoms with van der Waals surface area (Å²) in [7, 11) is 0. The monoisotopic (exact) mass is 430 g/mol. The second kappa shape index (κ2) is 7.31. The van der Waals surface area contributed by atoms with Gasteiger partial charge in [-0.2, -0.15) is 0 Å². The van der Waals surface area contributed by atoms with E-state index in [4.69, 9.17) is 9.78 Å². The zero-order chi connectivity index (χ0) is 22.2. The first-order chi connectivity index (χ1) is 14.6. The fraction of sp³-hybridized carbons (Fsp3) is 0.929. The van der Waals surface area contributed by atoms with Gasteiger partial charge in [0.2, 0.25) is 0 Å². The van der Waals surface area contributed by atoms with Crippen molar-refractivity contribution in [3.8, 4) is 0 Å². The predicted octanol–water partition coefficient (Wildman–Crippen LogP) is 6.70. The number of aliphatic hydroxyl groups is 1. The molecule has 2 spiro atoms. The van der Waals surface area contributed by atoms with E-state index in [0.717, 1.165) is 36.5 Å². The van der Waals surface area contributed by atoms with E-state index in [-0.39, 0.29) is 17.1 Å². The Morgan fingerprint density at radius 2 is 1.68 bits per heavy atom. The molecule has 2 bridgehead atoms. The van der Waals surface area contributed by atoms with E-state index in [1.807, 2.05) is 0 Å². The molecule has 0 aromatic heterocycles. The Morgan fingerprint density at radius 1 is 0.903 bits per heavy atom. The van der Waals surface area contributed by atoms with E-state index >= 15 is 0 Å². The van der Waals surface area contributed by atoms with Gasteiger partial charge in [0, 0.05) is 23.7 Å². The van der Waals surface area contributed by atoms with E-state index in [0.29, 0.717) is 23.7 Å². The molecular weight excluding hydrogens is 384 g/mol. The van der Waals surface area contributed by atoms with Crippen LogP contribution in [0, 0.1) is 46.3 Å². The van der Waals surface area contributed by atoms with Crippen LogP contribution in [0.4, 0.5) is 0 Å². The average Bonchev–Trinajstić information content (AvgIpc) is 3.09. The number of hydrogen-bond donors (Lipinski definition) is 1. The van der Waals surface area contributed by atoms with E-state index < -0.39 is 5.60 Å². The quantitative estimate of drug-likeness (QED) is 0.390. The van der Waals surface area contributed by atoms with Crippen molar-refractivity contribution in [2.75, 3.05) is 0 Å². The molecule has 2 aliphatic heterocycles. The highest BCUT2D eigenvalue weighted by Crippen LogP contribution is 2.72. The fourth-order valence-corrected chi connectivity index (χ4v) is 9.14. The topological polar surface area (TPSA) is 38.7 Å². The predicted molar refractivity (Wildman–Crippen MR) is 124 cm³/mol. The van der Waals surface area contributed by atoms with Crippen molar-refractivity contribution in [1.82, 2.24) is 0 Å². The van der Waals surface area contributed by atoms with Gasteiger partial charge in [0.25, 0.3) is 0 Å². The lowest BCUT2D eigenvalue weighted by molar-refractivity contribution is -0.497. The van der Waals surface area contributed by atoms with Gasteiger partial charge in [-0.05, 0) is 73.7 Å². The van der Waals surface area contributed by atoms with Crippen LogP contribution in [0.2, 0.25) is 0 Å². The van der Waals surface area contributed by atoms with Gasteiger partial charge >= 0.3 is 0 Å². The Kier molecular flexibility index (Phi) is 5.28. The molecule has 3 saturated carbocycles. The second-order valence-corrected chi connectivity index (χ2v) is 13.2. The molecule has 0 amide bonds. The molecule has 0 aromatic rings. The van der Waals surface area contributed by atoms with Gasteiger partial charge in [-0.15, -0.1) is 0 Å². The van der Waals surface area contributed by atoms with E-state index in [2.05, 4.69) is 53.7 Å². The van der Waals surface area contributed by atoms with Crippen LogP contribution < -0.4 is 0 Å². The van der Waals surface area contributed by atoms with Gasteiger partial charge in [-0.1, -0.05) is 60.5 Å². The Bertz CT molecular complexity index is 732. The maximum absolute atomic E-state index is 10.4. The Morgan fingerprint density at radius 3 is 2.35 bits per heavy atom. The third-order valence-electron chi connectivity index (χ3n) is 11.6. The van der Waals surface area contributed by atoms with Crippen molar-refractivity contribution in [3.63, 3.8) is 0 Å². The third-order valence-corrected chi connectivity index (χ3v) is 11.6. The van der Waals surface area contributed by atoms with Crippen molar-refractivity contribution in [2.45, 2.75) is 117 Å². The van der Waals surface area contributed by atoms with Gasteiger partial charge in [-0.3, -0.25) is 0 Å². The third kappa shape index (κ3) is 2.94. The molecule has 1 N–H and O–H groups in total. The van der Waals surface area contributed by atoms with Crippen LogP contribution in [0.5, 0.6) is 0 Å². The summed E-state index contributed by atoms with van der Waals surface area (Å²) < 4.78 is 0. The van der Waals surface area contributed by atoms with Crippen molar-refractivity contribution in [2.24, 2.45) is 46.3 Å². The summed E-state index contributed by atoms with van der Waals surface area (Å²) in [6.45, 7) is 14.7. The average molecular weight is 431 g/mol. The Labute approximate surface area is 190 Å². The molecule has 2 heterocycles. The summed E-state index contributed by atoms with van der Waals surface area (Å²) in [6.07, 6.45) is 15.0. The molecule has 0 aromatic carbocycles. The van der Waals surface area contributed by atoms with Crippen LogP contribution in [0.3, 0.4) is 0 Å². The van der Waals surface area contributed by atoms with E-state index in [1.165, 1.54) is 38.5 Å². The zero-order valence-electron chi connectivity index (χ0n) is 20.8. The first-order valence-electron chi connectivity index (χ1n) is 13.3. The van der Waals surface area contributed by atoms with Gasteiger partial charge in [0.15, 0.2) is 0 Å². The summed E-state index contributed by atoms with van der Waals surface area (Å²) in [5.41, 5.74) is -0.266. The highest BCUT2D eigenvalue weighted by molar-refractivity contribution is 5.33. The number of rotatable bonds is 5. The standard InChI is InChI=1S/C28H46O3/c1-18(2)19(3)7-8-20(4)22-9-10-23-25(22,5)13-12-24-26(6)14-11-21(29)17-27(26)15-16-28(23,24)31-30-27/h15-16,18-24,29H,7-14,17H2,1-6H3/t19-,20+,21-,22+,23+,24+,25+,26+,27+,28+/m0/s1. The van der Waals surface area contributed by atoms with E-state index in [9.17, 15) is 5.11 Å². The Hall–Kier alpha value is -0.380. The molecule has 4 fully saturated rings. The minimum atomic E-state index is -0.427. The van der Waals surface area contributed by atoms with Crippen LogP contribution >= 0.6 is 0 Å². The van der Waals surface area contributed by atoms with Crippen molar-refractivity contribution in [1.29, 1.82) is 0 Å². The highest BCUT2D eigenvalue weighted by Gasteiger charge is 2.74. The molecule has 1 saturated heterocycles. The summed E-state index contributed by atoms with van der Waals surface area (Å²) in [4.78, 5) is 12.8. The number of fused-ring (bicyclic) bond motifs is 2. The summed E-state index contributed by atoms with van der Waals surface area (Å²) in [5, 5.41) is 10.4. The maximum atomic E-state index is 10.4. The normalized spacial score (nSPS) is 52.5. The van der Waals surface area contributed by atoms with E-state index in [1.54, 1.807) is 0 Å². The molecule has 3 heteroatoms. The summed E-state index contributed by atoms with van der Waals surface area (Å²) in [6, 6.07) is 0. The molecule has 6 rings (SSSR count). The molecule has 4 aliphatic carbocycles. The van der Waals surface area contributed by atoms with Gasteiger partial charge in [0.1, 0.15) is 11.2 Å². The van der Waals surface area contributed by atoms with Crippen LogP contribution in [0.25, 0.3) is 0 Å². The van der Waals surface area contributed by atoms with Crippen LogP contribution in [-0.2, 0) is 9.78 Å². The smallest absolute Gasteiger partial charge is 0.130 e. The molecule has 10 atom stereocenters. The fourth-order valence-electron chi connectivity index (χ4n) is 9.14. The van der Waals surface area contributed by atoms with Gasteiger partial charge < -0.3 is 5.11 Å². The molecule has 6 aliphatic rings. The molecule has 3 nitrogen and oxygen atoms in total. The zero-order valence-corrected chi connectivity index (χ0v) is 20.8. The van der Waals surface area contributed by atoms with Gasteiger partial charge in [-0.25, -0.2) is 9.78 Å². The minimum absolute atomic E-state index is 0.0803. The lowest BCUT2D eigenvalue weighted by Gasteiger charge is -2.69. The Balaban J connectivity index is 1.41. The van der Waals surface area contributed by atoms with Crippen molar-refractivity contribution in [3.05, 3.63) is 12.2 Å². The largest absolute Gasteiger partial charge is 0.393 e. The first-order valence-corrected chi connectivity index (χ1v) is 13.3. The number of hydrogen-bond acceptors (Lipinski definition) is 3. The minimum Gasteiger partial charge on any atom is -0.393 e. The van der Waals surface area contributed by atoms with Crippen molar-refractivity contribution < 1.29 is 14.9 Å². The summed E-state index contributed by atoms with van der Waals surface area (Å²) in [5.74, 6) is 4.22. The lowest BCUT2D eigenvalue weighted by Crippen LogP contribution is -2.73. The van der Waals surface area contributed by atoms with Crippen LogP contribution in [0.15, 0.2) is 12.2 Å². The molecule has 0 unspecified atom stereocenters. The first kappa shape index (κ1) is 22.4. The van der Waals surface area contributed by atoms with Gasteiger partial charge in [0.05, 0.1) is 6.10 Å². The van der Waals surface area contributed by atoms with Crippen molar-refractivity contribution >= 4 is 0 Å². The molecule has 0 radical (unpaired) electrons. The lowest BCUT2D eigenvalue weighted by atomic mass is 9.42. The maximum Gasteiger partial charge on any atom is 0.130 e. The molecular formula is C28H46O3.